The zero-order chi connectivity index (χ0) is 25.7. The van der Waals surface area contributed by atoms with E-state index in [1.165, 1.54) is 29.1 Å². The molecule has 9 heteroatoms. The van der Waals surface area contributed by atoms with Gasteiger partial charge < -0.3 is 19.5 Å². The molecule has 0 saturated heterocycles. The number of amides is 1. The van der Waals surface area contributed by atoms with Crippen molar-refractivity contribution in [3.05, 3.63) is 77.9 Å². The van der Waals surface area contributed by atoms with Gasteiger partial charge in [0, 0.05) is 0 Å². The molecule has 36 heavy (non-hydrogen) atoms. The van der Waals surface area contributed by atoms with E-state index < -0.39 is 22.0 Å². The van der Waals surface area contributed by atoms with E-state index >= 15 is 0 Å². The topological polar surface area (TPSA) is 94.2 Å². The lowest BCUT2D eigenvalue weighted by Crippen LogP contribution is -2.51. The minimum Gasteiger partial charge on any atom is -0.497 e. The van der Waals surface area contributed by atoms with E-state index in [2.05, 4.69) is 12.2 Å². The molecule has 190 valence electrons. The number of hydrogen-bond donors (Lipinski definition) is 1. The van der Waals surface area contributed by atoms with Crippen molar-refractivity contribution in [1.29, 1.82) is 0 Å². The average molecular weight is 511 g/mol. The molecule has 4 rings (SSSR count). The Hall–Kier alpha value is -3.72. The van der Waals surface area contributed by atoms with E-state index in [1.54, 1.807) is 24.3 Å². The fraction of sp³-hybridized carbons (Fsp3) is 0.296. The zero-order valence-electron chi connectivity index (χ0n) is 20.6. The lowest BCUT2D eigenvalue weighted by atomic mass is 10.1. The van der Waals surface area contributed by atoms with Gasteiger partial charge in [0.05, 0.1) is 30.8 Å². The molecule has 1 heterocycles. The van der Waals surface area contributed by atoms with Crippen LogP contribution in [-0.4, -0.2) is 47.2 Å². The highest BCUT2D eigenvalue weighted by Gasteiger charge is 2.37. The van der Waals surface area contributed by atoms with Crippen LogP contribution < -0.4 is 23.8 Å². The third kappa shape index (κ3) is 5.57. The number of carbonyl (C=O) groups is 1. The largest absolute Gasteiger partial charge is 0.497 e. The first kappa shape index (κ1) is 25.4. The van der Waals surface area contributed by atoms with Gasteiger partial charge in [0.15, 0.2) is 6.10 Å². The van der Waals surface area contributed by atoms with Crippen LogP contribution in [0.5, 0.6) is 17.2 Å². The maximum Gasteiger partial charge on any atom is 0.264 e. The Morgan fingerprint density at radius 3 is 2.42 bits per heavy atom. The lowest BCUT2D eigenvalue weighted by Gasteiger charge is -2.35. The number of nitrogens with zero attached hydrogens (tertiary/aromatic N) is 1. The van der Waals surface area contributed by atoms with Gasteiger partial charge in [0.1, 0.15) is 23.9 Å². The van der Waals surface area contributed by atoms with Crippen molar-refractivity contribution in [2.45, 2.75) is 31.3 Å². The predicted molar refractivity (Wildman–Crippen MR) is 137 cm³/mol. The van der Waals surface area contributed by atoms with E-state index in [-0.39, 0.29) is 24.6 Å². The number of carbonyl (C=O) groups excluding carboxylic acids is 1. The number of nitrogens with one attached hydrogen (secondary N) is 1. The summed E-state index contributed by atoms with van der Waals surface area (Å²) in [7, 11) is -2.44. The Bertz CT molecular complexity index is 1310. The van der Waals surface area contributed by atoms with Crippen molar-refractivity contribution >= 4 is 21.6 Å². The van der Waals surface area contributed by atoms with Crippen molar-refractivity contribution in [1.82, 2.24) is 5.32 Å². The third-order valence-electron chi connectivity index (χ3n) is 5.93. The maximum atomic E-state index is 13.6. The van der Waals surface area contributed by atoms with Crippen molar-refractivity contribution in [3.8, 4) is 17.2 Å². The van der Waals surface area contributed by atoms with Crippen molar-refractivity contribution in [3.63, 3.8) is 0 Å². The van der Waals surface area contributed by atoms with Crippen molar-refractivity contribution in [2.75, 3.05) is 31.1 Å². The fourth-order valence-electron chi connectivity index (χ4n) is 3.88. The van der Waals surface area contributed by atoms with E-state index in [0.29, 0.717) is 17.2 Å². The summed E-state index contributed by atoms with van der Waals surface area (Å²) in [5.41, 5.74) is 2.49. The summed E-state index contributed by atoms with van der Waals surface area (Å²) in [6.45, 7) is 4.32. The molecular weight excluding hydrogens is 480 g/mol. The highest BCUT2D eigenvalue weighted by atomic mass is 32.2. The number of ether oxygens (including phenoxy) is 3. The van der Waals surface area contributed by atoms with Gasteiger partial charge in [0.2, 0.25) is 0 Å². The molecule has 8 nitrogen and oxygen atoms in total. The summed E-state index contributed by atoms with van der Waals surface area (Å²) < 4.78 is 45.1. The second-order valence-electron chi connectivity index (χ2n) is 8.43. The van der Waals surface area contributed by atoms with Crippen LogP contribution in [0.25, 0.3) is 0 Å². The molecule has 0 aromatic heterocycles. The normalized spacial score (nSPS) is 15.0. The van der Waals surface area contributed by atoms with Crippen molar-refractivity contribution < 1.29 is 27.4 Å². The van der Waals surface area contributed by atoms with Gasteiger partial charge >= 0.3 is 0 Å². The smallest absolute Gasteiger partial charge is 0.264 e. The summed E-state index contributed by atoms with van der Waals surface area (Å²) >= 11 is 0. The van der Waals surface area contributed by atoms with Crippen LogP contribution in [0.1, 0.15) is 18.1 Å². The number of aryl methyl sites for hydroxylation is 2. The van der Waals surface area contributed by atoms with Crippen LogP contribution in [0.15, 0.2) is 71.6 Å². The number of anilines is 1. The predicted octanol–water partition coefficient (Wildman–Crippen LogP) is 3.72. The third-order valence-corrected chi connectivity index (χ3v) is 7.72. The SMILES string of the molecule is CCc1ccc(OCCNC(=O)[C@H]2CN(S(=O)(=O)c3ccc(OC)cc3)c3cc(C)ccc3O2)cc1. The van der Waals surface area contributed by atoms with Crippen LogP contribution in [0.2, 0.25) is 0 Å². The first-order chi connectivity index (χ1) is 17.3. The Balaban J connectivity index is 1.46. The second-order valence-corrected chi connectivity index (χ2v) is 10.3. The Morgan fingerprint density at radius 2 is 1.75 bits per heavy atom. The summed E-state index contributed by atoms with van der Waals surface area (Å²) in [6.07, 6.45) is -0.0666. The zero-order valence-corrected chi connectivity index (χ0v) is 21.4. The molecule has 1 amide bonds. The number of rotatable bonds is 9. The molecule has 0 aliphatic carbocycles. The standard InChI is InChI=1S/C27H30N2O6S/c1-4-20-6-8-22(9-7-20)34-16-15-28-27(30)26-18-29(24-17-19(2)5-14-25(24)35-26)36(31,32)23-12-10-21(33-3)11-13-23/h5-14,17,26H,4,15-16,18H2,1-3H3,(H,28,30)/t26-/m1/s1. The highest BCUT2D eigenvalue weighted by molar-refractivity contribution is 7.92. The van der Waals surface area contributed by atoms with Gasteiger partial charge in [-0.2, -0.15) is 0 Å². The van der Waals surface area contributed by atoms with Gasteiger partial charge in [-0.15, -0.1) is 0 Å². The van der Waals surface area contributed by atoms with Gasteiger partial charge in [-0.25, -0.2) is 8.42 Å². The Labute approximate surface area is 211 Å². The Kier molecular flexibility index (Phi) is 7.69. The average Bonchev–Trinajstić information content (AvgIpc) is 2.90. The maximum absolute atomic E-state index is 13.6. The van der Waals surface area contributed by atoms with Gasteiger partial charge in [-0.1, -0.05) is 25.1 Å². The molecule has 1 N–H and O–H groups in total. The molecule has 0 radical (unpaired) electrons. The molecule has 0 unspecified atom stereocenters. The quantitative estimate of drug-likeness (QED) is 0.441. The molecule has 0 fully saturated rings. The fourth-order valence-corrected chi connectivity index (χ4v) is 5.35. The molecule has 3 aromatic rings. The molecule has 1 aliphatic heterocycles. The second kappa shape index (κ2) is 10.9. The number of benzene rings is 3. The van der Waals surface area contributed by atoms with Gasteiger partial charge in [0.25, 0.3) is 15.9 Å². The number of hydrogen-bond acceptors (Lipinski definition) is 6. The van der Waals surface area contributed by atoms with E-state index in [9.17, 15) is 13.2 Å². The monoisotopic (exact) mass is 510 g/mol. The number of sulfonamides is 1. The van der Waals surface area contributed by atoms with Crippen LogP contribution in [0.3, 0.4) is 0 Å². The summed E-state index contributed by atoms with van der Waals surface area (Å²) in [6, 6.07) is 19.2. The molecule has 0 spiro atoms. The van der Waals surface area contributed by atoms with E-state index in [4.69, 9.17) is 14.2 Å². The minimum absolute atomic E-state index is 0.0966. The van der Waals surface area contributed by atoms with Crippen LogP contribution in [-0.2, 0) is 21.2 Å². The molecule has 0 saturated carbocycles. The molecule has 3 aromatic carbocycles. The van der Waals surface area contributed by atoms with Crippen molar-refractivity contribution in [2.24, 2.45) is 0 Å². The van der Waals surface area contributed by atoms with Crippen LogP contribution >= 0.6 is 0 Å². The summed E-state index contributed by atoms with van der Waals surface area (Å²) in [5, 5.41) is 2.79. The number of fused-ring (bicyclic) bond motifs is 1. The van der Waals surface area contributed by atoms with E-state index in [0.717, 1.165) is 17.7 Å². The van der Waals surface area contributed by atoms with E-state index in [1.807, 2.05) is 37.3 Å². The molecule has 1 aliphatic rings. The minimum atomic E-state index is -3.96. The molecule has 1 atom stereocenters. The van der Waals surface area contributed by atoms with Crippen LogP contribution in [0, 0.1) is 6.92 Å². The highest BCUT2D eigenvalue weighted by Crippen LogP contribution is 2.38. The first-order valence-corrected chi connectivity index (χ1v) is 13.2. The van der Waals surface area contributed by atoms with Gasteiger partial charge in [-0.3, -0.25) is 9.10 Å². The van der Waals surface area contributed by atoms with Crippen LogP contribution in [0.4, 0.5) is 5.69 Å². The molecule has 0 bridgehead atoms. The lowest BCUT2D eigenvalue weighted by molar-refractivity contribution is -0.127. The summed E-state index contributed by atoms with van der Waals surface area (Å²) in [4.78, 5) is 13.0. The first-order valence-electron chi connectivity index (χ1n) is 11.8. The summed E-state index contributed by atoms with van der Waals surface area (Å²) in [5.74, 6) is 1.18. The number of methoxy groups -OCH3 is 1. The van der Waals surface area contributed by atoms with Gasteiger partial charge in [-0.05, 0) is 73.0 Å². The Morgan fingerprint density at radius 1 is 1.06 bits per heavy atom. The molecular formula is C27H30N2O6S.